The summed E-state index contributed by atoms with van der Waals surface area (Å²) in [7, 11) is 3.94. The molecule has 5 heterocycles. The third-order valence-electron chi connectivity index (χ3n) is 8.81. The third-order valence-corrected chi connectivity index (χ3v) is 10.7. The molecule has 16 heteroatoms. The van der Waals surface area contributed by atoms with Crippen molar-refractivity contribution < 1.29 is 9.13 Å². The molecule has 0 spiro atoms. The van der Waals surface area contributed by atoms with E-state index in [9.17, 15) is 0 Å². The molecule has 49 heavy (non-hydrogen) atoms. The highest BCUT2D eigenvalue weighted by Gasteiger charge is 2.25. The molecule has 0 radical (unpaired) electrons. The van der Waals surface area contributed by atoms with Crippen molar-refractivity contribution in [2.24, 2.45) is 34.6 Å². The second-order valence-electron chi connectivity index (χ2n) is 12.1. The number of nitrogens with zero attached hydrogens (tertiary/aromatic N) is 13. The fourth-order valence-electron chi connectivity index (χ4n) is 5.88. The number of rotatable bonds is 8. The Morgan fingerprint density at radius 2 is 1.00 bits per heavy atom. The molecule has 2 aromatic carbocycles. The average Bonchev–Trinajstić information content (AvgIpc) is 3.73. The Hall–Kier alpha value is -4.60. The van der Waals surface area contributed by atoms with E-state index in [1.54, 1.807) is 22.7 Å². The lowest BCUT2D eigenvalue weighted by Gasteiger charge is -2.38. The number of anilines is 4. The maximum absolute atomic E-state index is 6.46. The van der Waals surface area contributed by atoms with Crippen molar-refractivity contribution >= 4 is 79.2 Å². The van der Waals surface area contributed by atoms with E-state index < -0.39 is 0 Å². The quantitative estimate of drug-likeness (QED) is 0.135. The molecule has 0 atom stereocenters. The molecule has 13 nitrogen and oxygen atoms in total. The smallest absolute Gasteiger partial charge is 0.368 e. The fourth-order valence-corrected chi connectivity index (χ4v) is 7.39. The normalized spacial score (nSPS) is 15.7. The first kappa shape index (κ1) is 32.9. The van der Waals surface area contributed by atoms with Crippen molar-refractivity contribution in [3.8, 4) is 0 Å². The molecular formula is C33H38ClN13S2+2. The number of halogens is 1. The van der Waals surface area contributed by atoms with Crippen LogP contribution >= 0.6 is 34.3 Å². The van der Waals surface area contributed by atoms with E-state index in [-0.39, 0.29) is 5.28 Å². The van der Waals surface area contributed by atoms with Crippen molar-refractivity contribution in [1.82, 2.24) is 15.0 Å². The second kappa shape index (κ2) is 14.5. The van der Waals surface area contributed by atoms with Crippen LogP contribution < -0.4 is 28.7 Å². The van der Waals surface area contributed by atoms with Crippen LogP contribution in [0, 0.1) is 13.8 Å². The van der Waals surface area contributed by atoms with Gasteiger partial charge in [-0.25, -0.2) is 9.13 Å². The summed E-state index contributed by atoms with van der Waals surface area (Å²) in [5.41, 5.74) is 6.28. The highest BCUT2D eigenvalue weighted by atomic mass is 35.5. The van der Waals surface area contributed by atoms with Gasteiger partial charge in [-0.15, -0.1) is 0 Å². The molecule has 0 N–H and O–H groups in total. The summed E-state index contributed by atoms with van der Waals surface area (Å²) < 4.78 is 3.93. The van der Waals surface area contributed by atoms with Crippen molar-refractivity contribution in [2.45, 2.75) is 13.8 Å². The van der Waals surface area contributed by atoms with E-state index in [0.717, 1.165) is 85.1 Å². The third kappa shape index (κ3) is 7.53. The van der Waals surface area contributed by atoms with Crippen LogP contribution in [0.4, 0.5) is 44.9 Å². The van der Waals surface area contributed by atoms with Crippen LogP contribution in [0.15, 0.2) is 80.0 Å². The topological polar surface area (TPSA) is 109 Å². The first-order chi connectivity index (χ1) is 23.8. The molecule has 0 unspecified atom stereocenters. The van der Waals surface area contributed by atoms with Crippen LogP contribution in [0.25, 0.3) is 0 Å². The van der Waals surface area contributed by atoms with E-state index in [0.29, 0.717) is 11.9 Å². The largest absolute Gasteiger partial charge is 0.408 e. The minimum Gasteiger partial charge on any atom is -0.368 e. The maximum Gasteiger partial charge on any atom is 0.408 e. The Morgan fingerprint density at radius 3 is 1.37 bits per heavy atom. The summed E-state index contributed by atoms with van der Waals surface area (Å²) in [4.78, 5) is 23.1. The second-order valence-corrected chi connectivity index (χ2v) is 14.2. The van der Waals surface area contributed by atoms with E-state index in [4.69, 9.17) is 16.6 Å². The number of hydrogen-bond donors (Lipinski definition) is 0. The lowest BCUT2D eigenvalue weighted by Crippen LogP contribution is -2.48. The number of piperazine rings is 2. The van der Waals surface area contributed by atoms with Crippen LogP contribution in [-0.4, -0.2) is 67.3 Å². The highest BCUT2D eigenvalue weighted by molar-refractivity contribution is 7.13. The van der Waals surface area contributed by atoms with Crippen molar-refractivity contribution in [1.29, 1.82) is 0 Å². The van der Waals surface area contributed by atoms with E-state index >= 15 is 0 Å². The summed E-state index contributed by atoms with van der Waals surface area (Å²) >= 11 is 9.60. The summed E-state index contributed by atoms with van der Waals surface area (Å²) in [6, 6.07) is 12.7. The van der Waals surface area contributed by atoms with Gasteiger partial charge in [-0.2, -0.15) is 15.0 Å². The first-order valence-corrected chi connectivity index (χ1v) is 18.3. The van der Waals surface area contributed by atoms with Gasteiger partial charge in [-0.1, -0.05) is 0 Å². The van der Waals surface area contributed by atoms with Crippen molar-refractivity contribution in [2.75, 3.05) is 72.0 Å². The molecule has 2 aliphatic rings. The maximum atomic E-state index is 6.46. The SMILES string of the molecule is Cc1cc(N2CCN(c3nc(Cl)nc(N4CCN(c5ccc(N=Nc6scc[n+]6C)c(C)c5)CC4)n3)CC2)ccc1N=Nc1scc[n+]1C. The minimum absolute atomic E-state index is 0.220. The lowest BCUT2D eigenvalue weighted by molar-refractivity contribution is -0.654. The zero-order chi connectivity index (χ0) is 33.9. The fraction of sp³-hybridized carbons (Fsp3) is 0.364. The summed E-state index contributed by atoms with van der Waals surface area (Å²) in [5, 5.41) is 23.7. The Kier molecular flexibility index (Phi) is 9.73. The lowest BCUT2D eigenvalue weighted by atomic mass is 10.1. The molecule has 7 rings (SSSR count). The van der Waals surface area contributed by atoms with Crippen LogP contribution in [0.3, 0.4) is 0 Å². The molecule has 2 fully saturated rings. The van der Waals surface area contributed by atoms with Gasteiger partial charge in [0.05, 0.1) is 24.3 Å². The van der Waals surface area contributed by atoms with Crippen LogP contribution in [0.2, 0.25) is 5.28 Å². The number of aryl methyl sites for hydroxylation is 4. The van der Waals surface area contributed by atoms with Crippen molar-refractivity contribution in [3.05, 3.63) is 76.0 Å². The van der Waals surface area contributed by atoms with Gasteiger partial charge < -0.3 is 19.6 Å². The van der Waals surface area contributed by atoms with E-state index in [2.05, 4.69) is 88.1 Å². The van der Waals surface area contributed by atoms with Gasteiger partial charge in [0.15, 0.2) is 0 Å². The van der Waals surface area contributed by atoms with Gasteiger partial charge in [-0.05, 0) is 106 Å². The molecule has 252 valence electrons. The molecule has 0 bridgehead atoms. The van der Waals surface area contributed by atoms with Crippen molar-refractivity contribution in [3.63, 3.8) is 0 Å². The Bertz CT molecular complexity index is 1850. The zero-order valence-electron chi connectivity index (χ0n) is 27.9. The standard InChI is InChI=1S/C33H38ClN13S2/c1-23-21-25(5-7-27(23)38-40-32-42(3)17-19-48-32)44-9-13-46(14-10-44)30-35-29(34)36-31(37-30)47-15-11-45(12-16-47)26-6-8-28(24(2)22-26)39-41-33-43(4)18-20-49-33/h5-8,17-22H,9-16H2,1-4H3/q+2. The van der Waals surface area contributed by atoms with Crippen LogP contribution in [0.5, 0.6) is 0 Å². The van der Waals surface area contributed by atoms with Crippen LogP contribution in [0.1, 0.15) is 11.1 Å². The monoisotopic (exact) mass is 715 g/mol. The number of benzene rings is 2. The zero-order valence-corrected chi connectivity index (χ0v) is 30.3. The van der Waals surface area contributed by atoms with Gasteiger partial charge in [0, 0.05) is 74.5 Å². The number of aromatic nitrogens is 5. The minimum atomic E-state index is 0.220. The summed E-state index contributed by atoms with van der Waals surface area (Å²) in [5.74, 6) is 1.25. The summed E-state index contributed by atoms with van der Waals surface area (Å²) in [6.07, 6.45) is 3.96. The van der Waals surface area contributed by atoms with Gasteiger partial charge in [0.2, 0.25) is 17.2 Å². The Labute approximate surface area is 298 Å². The van der Waals surface area contributed by atoms with E-state index in [1.807, 2.05) is 58.5 Å². The molecule has 3 aromatic heterocycles. The number of hydrogen-bond acceptors (Lipinski definition) is 13. The van der Waals surface area contributed by atoms with E-state index in [1.165, 1.54) is 11.4 Å². The molecule has 0 amide bonds. The highest BCUT2D eigenvalue weighted by Crippen LogP contribution is 2.30. The predicted molar refractivity (Wildman–Crippen MR) is 195 cm³/mol. The van der Waals surface area contributed by atoms with Gasteiger partial charge in [-0.3, -0.25) is 0 Å². The Balaban J connectivity index is 0.947. The average molecular weight is 716 g/mol. The summed E-state index contributed by atoms with van der Waals surface area (Å²) in [6.45, 7) is 10.7. The van der Waals surface area contributed by atoms with Crippen LogP contribution in [-0.2, 0) is 14.1 Å². The first-order valence-electron chi connectivity index (χ1n) is 16.1. The molecule has 2 aliphatic heterocycles. The number of azo groups is 2. The number of thiazole rings is 2. The van der Waals surface area contributed by atoms with Gasteiger partial charge in [0.1, 0.15) is 23.8 Å². The molecule has 0 aliphatic carbocycles. The molecule has 5 aromatic rings. The predicted octanol–water partition coefficient (Wildman–Crippen LogP) is 6.40. The van der Waals surface area contributed by atoms with Gasteiger partial charge >= 0.3 is 10.3 Å². The molecule has 2 saturated heterocycles. The molecular weight excluding hydrogens is 678 g/mol. The molecule has 0 saturated carbocycles. The van der Waals surface area contributed by atoms with Gasteiger partial charge in [0.25, 0.3) is 0 Å². The Morgan fingerprint density at radius 1 is 0.592 bits per heavy atom.